The third kappa shape index (κ3) is 2.80. The molecule has 94 valence electrons. The molecule has 1 aromatic heterocycles. The summed E-state index contributed by atoms with van der Waals surface area (Å²) in [4.78, 5) is 4.58. The summed E-state index contributed by atoms with van der Waals surface area (Å²) >= 11 is 3.91. The van der Waals surface area contributed by atoms with Gasteiger partial charge in [0.2, 0.25) is 5.89 Å². The lowest BCUT2D eigenvalue weighted by Crippen LogP contribution is -2.30. The van der Waals surface area contributed by atoms with Crippen LogP contribution in [0, 0.1) is 0 Å². The van der Waals surface area contributed by atoms with Gasteiger partial charge in [-0.1, -0.05) is 11.6 Å². The molecule has 2 unspecified atom stereocenters. The monoisotopic (exact) mass is 271 g/mol. The standard InChI is InChI=1S/C11H17N3OS2/c1-2-5-17-9(3-1)10-13-11(15-14-10)8-7-16-6-4-12-8/h8-9,12H,1-7H2. The summed E-state index contributed by atoms with van der Waals surface area (Å²) < 4.78 is 5.41. The van der Waals surface area contributed by atoms with E-state index >= 15 is 0 Å². The van der Waals surface area contributed by atoms with Crippen LogP contribution in [0.3, 0.4) is 0 Å². The van der Waals surface area contributed by atoms with Crippen molar-refractivity contribution in [2.24, 2.45) is 0 Å². The van der Waals surface area contributed by atoms with Gasteiger partial charge in [-0.2, -0.15) is 28.5 Å². The van der Waals surface area contributed by atoms with Gasteiger partial charge in [-0.15, -0.1) is 0 Å². The minimum absolute atomic E-state index is 0.253. The van der Waals surface area contributed by atoms with Crippen LogP contribution in [0.5, 0.6) is 0 Å². The van der Waals surface area contributed by atoms with E-state index in [0.29, 0.717) is 5.25 Å². The fourth-order valence-corrected chi connectivity index (χ4v) is 4.35. The van der Waals surface area contributed by atoms with Crippen LogP contribution >= 0.6 is 23.5 Å². The molecule has 0 aromatic carbocycles. The van der Waals surface area contributed by atoms with Crippen LogP contribution in [0.1, 0.15) is 42.3 Å². The first-order chi connectivity index (χ1) is 8.43. The first-order valence-electron chi connectivity index (χ1n) is 6.20. The zero-order chi connectivity index (χ0) is 11.5. The van der Waals surface area contributed by atoms with E-state index in [-0.39, 0.29) is 6.04 Å². The van der Waals surface area contributed by atoms with E-state index in [9.17, 15) is 0 Å². The van der Waals surface area contributed by atoms with E-state index in [1.54, 1.807) is 0 Å². The highest BCUT2D eigenvalue weighted by Gasteiger charge is 2.25. The van der Waals surface area contributed by atoms with Crippen molar-refractivity contribution in [2.45, 2.75) is 30.6 Å². The third-order valence-electron chi connectivity index (χ3n) is 3.14. The van der Waals surface area contributed by atoms with Crippen LogP contribution in [0.15, 0.2) is 4.52 Å². The van der Waals surface area contributed by atoms with Crippen molar-refractivity contribution in [2.75, 3.05) is 23.8 Å². The minimum Gasteiger partial charge on any atom is -0.338 e. The average Bonchev–Trinajstić information content (AvgIpc) is 2.90. The lowest BCUT2D eigenvalue weighted by molar-refractivity contribution is 0.338. The number of hydrogen-bond acceptors (Lipinski definition) is 6. The Labute approximate surface area is 110 Å². The van der Waals surface area contributed by atoms with Crippen molar-refractivity contribution in [3.63, 3.8) is 0 Å². The molecule has 2 aliphatic heterocycles. The van der Waals surface area contributed by atoms with Gasteiger partial charge >= 0.3 is 0 Å². The summed E-state index contributed by atoms with van der Waals surface area (Å²) in [5, 5.41) is 8.04. The van der Waals surface area contributed by atoms with Crippen LogP contribution in [0.25, 0.3) is 0 Å². The Kier molecular flexibility index (Phi) is 3.93. The highest BCUT2D eigenvalue weighted by Crippen LogP contribution is 2.37. The van der Waals surface area contributed by atoms with Crippen LogP contribution in [-0.4, -0.2) is 33.9 Å². The zero-order valence-electron chi connectivity index (χ0n) is 9.72. The van der Waals surface area contributed by atoms with Crippen molar-refractivity contribution < 1.29 is 4.52 Å². The molecule has 2 aliphatic rings. The van der Waals surface area contributed by atoms with Gasteiger partial charge in [0.1, 0.15) is 0 Å². The topological polar surface area (TPSA) is 51.0 Å². The van der Waals surface area contributed by atoms with Gasteiger partial charge in [-0.05, 0) is 18.6 Å². The van der Waals surface area contributed by atoms with E-state index in [2.05, 4.69) is 15.5 Å². The fraction of sp³-hybridized carbons (Fsp3) is 0.818. The normalized spacial score (nSPS) is 30.4. The first kappa shape index (κ1) is 11.9. The molecule has 2 saturated heterocycles. The Balaban J connectivity index is 1.68. The fourth-order valence-electron chi connectivity index (χ4n) is 2.19. The second-order valence-electron chi connectivity index (χ2n) is 4.43. The maximum Gasteiger partial charge on any atom is 0.244 e. The van der Waals surface area contributed by atoms with Crippen LogP contribution < -0.4 is 5.32 Å². The van der Waals surface area contributed by atoms with Gasteiger partial charge in [0.15, 0.2) is 5.82 Å². The number of hydrogen-bond donors (Lipinski definition) is 1. The molecule has 0 amide bonds. The molecule has 0 saturated carbocycles. The number of thioether (sulfide) groups is 2. The Morgan fingerprint density at radius 3 is 3.06 bits per heavy atom. The number of rotatable bonds is 2. The lowest BCUT2D eigenvalue weighted by Gasteiger charge is -2.19. The highest BCUT2D eigenvalue weighted by atomic mass is 32.2. The summed E-state index contributed by atoms with van der Waals surface area (Å²) in [5.41, 5.74) is 0. The van der Waals surface area contributed by atoms with Crippen molar-refractivity contribution in [1.29, 1.82) is 0 Å². The molecular formula is C11H17N3OS2. The molecule has 2 fully saturated rings. The predicted octanol–water partition coefficient (Wildman–Crippen LogP) is 2.41. The predicted molar refractivity (Wildman–Crippen MR) is 71.4 cm³/mol. The second-order valence-corrected chi connectivity index (χ2v) is 6.89. The van der Waals surface area contributed by atoms with E-state index in [4.69, 9.17) is 4.52 Å². The second kappa shape index (κ2) is 5.63. The van der Waals surface area contributed by atoms with Gasteiger partial charge in [0.25, 0.3) is 0 Å². The van der Waals surface area contributed by atoms with Gasteiger partial charge in [0, 0.05) is 18.1 Å². The van der Waals surface area contributed by atoms with Crippen molar-refractivity contribution in [3.8, 4) is 0 Å². The zero-order valence-corrected chi connectivity index (χ0v) is 11.4. The molecule has 17 heavy (non-hydrogen) atoms. The molecule has 0 spiro atoms. The third-order valence-corrected chi connectivity index (χ3v) is 5.58. The van der Waals surface area contributed by atoms with Crippen LogP contribution in [0.2, 0.25) is 0 Å². The average molecular weight is 271 g/mol. The van der Waals surface area contributed by atoms with Crippen molar-refractivity contribution in [1.82, 2.24) is 15.5 Å². The van der Waals surface area contributed by atoms with Gasteiger partial charge in [-0.25, -0.2) is 0 Å². The quantitative estimate of drug-likeness (QED) is 0.891. The molecule has 0 bridgehead atoms. The van der Waals surface area contributed by atoms with Crippen LogP contribution in [0.4, 0.5) is 0 Å². The summed E-state index contributed by atoms with van der Waals surface area (Å²) in [5.74, 6) is 5.13. The number of nitrogens with zero attached hydrogens (tertiary/aromatic N) is 2. The molecule has 4 nitrogen and oxygen atoms in total. The Morgan fingerprint density at radius 1 is 1.29 bits per heavy atom. The first-order valence-corrected chi connectivity index (χ1v) is 8.40. The maximum absolute atomic E-state index is 5.41. The molecule has 2 atom stereocenters. The highest BCUT2D eigenvalue weighted by molar-refractivity contribution is 7.99. The molecule has 3 rings (SSSR count). The van der Waals surface area contributed by atoms with E-state index in [1.165, 1.54) is 30.8 Å². The Morgan fingerprint density at radius 2 is 2.29 bits per heavy atom. The summed E-state index contributed by atoms with van der Waals surface area (Å²) in [7, 11) is 0. The number of aromatic nitrogens is 2. The Bertz CT molecular complexity index is 327. The SMILES string of the molecule is C1CCC(c2noc(C3CSCCN3)n2)SC1. The molecule has 1 aromatic rings. The van der Waals surface area contributed by atoms with Gasteiger partial charge in [-0.3, -0.25) is 0 Å². The number of nitrogens with one attached hydrogen (secondary N) is 1. The van der Waals surface area contributed by atoms with Gasteiger partial charge < -0.3 is 9.84 Å². The van der Waals surface area contributed by atoms with E-state index in [1.807, 2.05) is 23.5 Å². The maximum atomic E-state index is 5.41. The molecular weight excluding hydrogens is 254 g/mol. The Hall–Kier alpha value is -0.200. The molecule has 1 N–H and O–H groups in total. The minimum atomic E-state index is 0.253. The lowest BCUT2D eigenvalue weighted by atomic mass is 10.2. The molecule has 0 aliphatic carbocycles. The summed E-state index contributed by atoms with van der Waals surface area (Å²) in [6.45, 7) is 1.03. The van der Waals surface area contributed by atoms with Gasteiger partial charge in [0.05, 0.1) is 11.3 Å². The van der Waals surface area contributed by atoms with Crippen molar-refractivity contribution >= 4 is 23.5 Å². The molecule has 3 heterocycles. The smallest absolute Gasteiger partial charge is 0.244 e. The van der Waals surface area contributed by atoms with Crippen LogP contribution in [-0.2, 0) is 0 Å². The van der Waals surface area contributed by atoms with E-state index < -0.39 is 0 Å². The largest absolute Gasteiger partial charge is 0.338 e. The summed E-state index contributed by atoms with van der Waals surface area (Å²) in [6, 6.07) is 0.253. The molecule has 0 radical (unpaired) electrons. The molecule has 6 heteroatoms. The van der Waals surface area contributed by atoms with E-state index in [0.717, 1.165) is 24.0 Å². The van der Waals surface area contributed by atoms with Crippen molar-refractivity contribution in [3.05, 3.63) is 11.7 Å². The summed E-state index contributed by atoms with van der Waals surface area (Å²) in [6.07, 6.45) is 3.81.